The first-order valence-corrected chi connectivity index (χ1v) is 19.3. The van der Waals surface area contributed by atoms with E-state index in [-0.39, 0.29) is 16.2 Å². The Morgan fingerprint density at radius 2 is 0.815 bits per heavy atom. The summed E-state index contributed by atoms with van der Waals surface area (Å²) in [5.74, 6) is 0. The van der Waals surface area contributed by atoms with Gasteiger partial charge in [0.15, 0.2) is 0 Å². The summed E-state index contributed by atoms with van der Waals surface area (Å²) in [6.45, 7) is 18.7. The van der Waals surface area contributed by atoms with Crippen molar-refractivity contribution < 1.29 is 0 Å². The minimum Gasteiger partial charge on any atom is -0.310 e. The molecule has 7 aromatic carbocycles. The molecule has 268 valence electrons. The number of nitrogens with zero attached hydrogens (tertiary/aromatic N) is 1. The van der Waals surface area contributed by atoms with E-state index < -0.39 is 0 Å². The second-order valence-corrected chi connectivity index (χ2v) is 17.5. The Morgan fingerprint density at radius 3 is 1.30 bits per heavy atom. The van der Waals surface area contributed by atoms with Gasteiger partial charge in [0.2, 0.25) is 0 Å². The molecule has 7 aromatic rings. The van der Waals surface area contributed by atoms with E-state index in [4.69, 9.17) is 0 Å². The molecule has 1 aliphatic carbocycles. The predicted molar refractivity (Wildman–Crippen MR) is 232 cm³/mol. The van der Waals surface area contributed by atoms with Crippen LogP contribution in [0.5, 0.6) is 0 Å². The second-order valence-electron chi connectivity index (χ2n) is 17.5. The molecule has 0 saturated heterocycles. The highest BCUT2D eigenvalue weighted by Gasteiger charge is 2.37. The molecule has 0 aromatic heterocycles. The van der Waals surface area contributed by atoms with Crippen LogP contribution in [0.25, 0.3) is 44.5 Å². The number of benzene rings is 7. The van der Waals surface area contributed by atoms with Gasteiger partial charge < -0.3 is 4.90 Å². The Bertz CT molecular complexity index is 2320. The maximum absolute atomic E-state index is 2.50. The Kier molecular flexibility index (Phi) is 8.73. The van der Waals surface area contributed by atoms with E-state index in [0.717, 1.165) is 11.4 Å². The summed E-state index contributed by atoms with van der Waals surface area (Å²) in [6, 6.07) is 60.8. The first-order valence-electron chi connectivity index (χ1n) is 19.3. The van der Waals surface area contributed by atoms with E-state index in [9.17, 15) is 0 Å². The van der Waals surface area contributed by atoms with Crippen LogP contribution in [0.4, 0.5) is 17.1 Å². The van der Waals surface area contributed by atoms with Crippen molar-refractivity contribution in [2.24, 2.45) is 0 Å². The maximum Gasteiger partial charge on any atom is 0.0543 e. The first-order chi connectivity index (χ1) is 25.8. The Balaban J connectivity index is 1.41. The molecule has 8 rings (SSSR count). The molecule has 0 amide bonds. The highest BCUT2D eigenvalue weighted by molar-refractivity contribution is 5.95. The number of rotatable bonds is 6. The molecule has 0 heterocycles. The molecule has 0 bridgehead atoms. The van der Waals surface area contributed by atoms with Gasteiger partial charge in [0.05, 0.1) is 5.69 Å². The summed E-state index contributed by atoms with van der Waals surface area (Å²) in [5.41, 5.74) is 18.7. The molecule has 0 radical (unpaired) electrons. The molecular weight excluding hydrogens is 651 g/mol. The van der Waals surface area contributed by atoms with E-state index >= 15 is 0 Å². The summed E-state index contributed by atoms with van der Waals surface area (Å²) in [7, 11) is 0. The fraction of sp³-hybridized carbons (Fsp3) is 0.208. The van der Waals surface area contributed by atoms with Crippen molar-refractivity contribution in [1.82, 2.24) is 0 Å². The third kappa shape index (κ3) is 6.47. The van der Waals surface area contributed by atoms with Crippen LogP contribution < -0.4 is 4.90 Å². The largest absolute Gasteiger partial charge is 0.310 e. The highest BCUT2D eigenvalue weighted by atomic mass is 15.1. The normalized spacial score (nSPS) is 13.3. The molecule has 0 fully saturated rings. The summed E-state index contributed by atoms with van der Waals surface area (Å²) in [4.78, 5) is 2.48. The molecule has 1 heteroatoms. The average molecular weight is 702 g/mol. The van der Waals surface area contributed by atoms with E-state index in [0.29, 0.717) is 0 Å². The van der Waals surface area contributed by atoms with Crippen molar-refractivity contribution in [1.29, 1.82) is 0 Å². The van der Waals surface area contributed by atoms with Crippen molar-refractivity contribution in [3.05, 3.63) is 186 Å². The predicted octanol–water partition coefficient (Wildman–Crippen LogP) is 15.1. The molecule has 0 spiro atoms. The molecule has 1 nitrogen and oxygen atoms in total. The lowest BCUT2D eigenvalue weighted by atomic mass is 9.78. The third-order valence-corrected chi connectivity index (χ3v) is 11.4. The number of fused-ring (bicyclic) bond motifs is 3. The third-order valence-electron chi connectivity index (χ3n) is 11.4. The Morgan fingerprint density at radius 1 is 0.370 bits per heavy atom. The van der Waals surface area contributed by atoms with E-state index in [1.54, 1.807) is 0 Å². The first kappa shape index (κ1) is 35.4. The van der Waals surface area contributed by atoms with Crippen LogP contribution in [0.2, 0.25) is 0 Å². The topological polar surface area (TPSA) is 3.24 Å². The standard InChI is InChI=1S/C53H51N/c1-51(2,3)41-31-40(32-42(33-41)52(4,5)6)46-34-47-45-21-15-16-22-48(45)53(7,8)49(47)35-50(46)54(43-27-23-38(24-28-43)36-17-11-9-12-18-36)44-29-25-39(26-30-44)37-19-13-10-14-20-37/h9-35H,1-8H3. The quantitative estimate of drug-likeness (QED) is 0.167. The molecule has 1 aliphatic rings. The van der Waals surface area contributed by atoms with Gasteiger partial charge in [0.25, 0.3) is 0 Å². The lowest BCUT2D eigenvalue weighted by Crippen LogP contribution is -2.18. The maximum atomic E-state index is 2.50. The zero-order valence-electron chi connectivity index (χ0n) is 33.0. The van der Waals surface area contributed by atoms with Crippen LogP contribution in [-0.2, 0) is 16.2 Å². The highest BCUT2D eigenvalue weighted by Crippen LogP contribution is 2.54. The van der Waals surface area contributed by atoms with Gasteiger partial charge in [-0.15, -0.1) is 0 Å². The van der Waals surface area contributed by atoms with Crippen molar-refractivity contribution in [2.45, 2.75) is 71.6 Å². The summed E-state index contributed by atoms with van der Waals surface area (Å²) < 4.78 is 0. The summed E-state index contributed by atoms with van der Waals surface area (Å²) in [6.07, 6.45) is 0. The zero-order chi connectivity index (χ0) is 37.8. The number of anilines is 3. The van der Waals surface area contributed by atoms with Gasteiger partial charge in [-0.05, 0) is 108 Å². The Labute approximate surface area is 323 Å². The van der Waals surface area contributed by atoms with Gasteiger partial charge in [-0.25, -0.2) is 0 Å². The monoisotopic (exact) mass is 701 g/mol. The molecule has 0 unspecified atom stereocenters. The smallest absolute Gasteiger partial charge is 0.0543 e. The second kappa shape index (κ2) is 13.3. The van der Waals surface area contributed by atoms with Gasteiger partial charge in [0, 0.05) is 22.4 Å². The van der Waals surface area contributed by atoms with Crippen LogP contribution in [0, 0.1) is 0 Å². The molecule has 0 saturated carbocycles. The fourth-order valence-corrected chi connectivity index (χ4v) is 8.10. The minimum atomic E-state index is -0.150. The Hall–Kier alpha value is -5.66. The molecule has 54 heavy (non-hydrogen) atoms. The number of hydrogen-bond acceptors (Lipinski definition) is 1. The van der Waals surface area contributed by atoms with Crippen molar-refractivity contribution in [3.63, 3.8) is 0 Å². The van der Waals surface area contributed by atoms with E-state index in [1.807, 2.05) is 0 Å². The van der Waals surface area contributed by atoms with Gasteiger partial charge >= 0.3 is 0 Å². The fourth-order valence-electron chi connectivity index (χ4n) is 8.10. The molecule has 0 atom stereocenters. The molecule has 0 N–H and O–H groups in total. The average Bonchev–Trinajstić information content (AvgIpc) is 3.40. The van der Waals surface area contributed by atoms with Crippen LogP contribution in [-0.4, -0.2) is 0 Å². The van der Waals surface area contributed by atoms with Crippen LogP contribution in [0.3, 0.4) is 0 Å². The van der Waals surface area contributed by atoms with Gasteiger partial charge in [-0.3, -0.25) is 0 Å². The lowest BCUT2D eigenvalue weighted by Gasteiger charge is -2.32. The van der Waals surface area contributed by atoms with Crippen LogP contribution in [0.1, 0.15) is 77.6 Å². The SMILES string of the molecule is CC(C)(C)c1cc(-c2cc3c(cc2N(c2ccc(-c4ccccc4)cc2)c2ccc(-c4ccccc4)cc2)C(C)(C)c2ccccc2-3)cc(C(C)(C)C)c1. The van der Waals surface area contributed by atoms with Crippen molar-refractivity contribution in [3.8, 4) is 44.5 Å². The number of hydrogen-bond donors (Lipinski definition) is 0. The van der Waals surface area contributed by atoms with Crippen molar-refractivity contribution >= 4 is 17.1 Å². The van der Waals surface area contributed by atoms with E-state index in [1.165, 1.54) is 72.4 Å². The molecule has 0 aliphatic heterocycles. The zero-order valence-corrected chi connectivity index (χ0v) is 33.0. The van der Waals surface area contributed by atoms with Gasteiger partial charge in [-0.2, -0.15) is 0 Å². The van der Waals surface area contributed by atoms with Gasteiger partial charge in [0.1, 0.15) is 0 Å². The van der Waals surface area contributed by atoms with E-state index in [2.05, 4.69) is 224 Å². The summed E-state index contributed by atoms with van der Waals surface area (Å²) in [5, 5.41) is 0. The minimum absolute atomic E-state index is 0.0122. The van der Waals surface area contributed by atoms with Crippen LogP contribution >= 0.6 is 0 Å². The van der Waals surface area contributed by atoms with Crippen molar-refractivity contribution in [2.75, 3.05) is 4.90 Å². The molecular formula is C53H51N. The van der Waals surface area contributed by atoms with Gasteiger partial charge in [-0.1, -0.05) is 183 Å². The lowest BCUT2D eigenvalue weighted by molar-refractivity contribution is 0.569. The van der Waals surface area contributed by atoms with Crippen LogP contribution in [0.15, 0.2) is 164 Å². The summed E-state index contributed by atoms with van der Waals surface area (Å²) >= 11 is 0.